The predicted octanol–water partition coefficient (Wildman–Crippen LogP) is 4.62. The van der Waals surface area contributed by atoms with Gasteiger partial charge in [0.05, 0.1) is 11.0 Å². The minimum atomic E-state index is 0.803. The van der Waals surface area contributed by atoms with Gasteiger partial charge in [-0.3, -0.25) is 0 Å². The number of hydrogen-bond donors (Lipinski definition) is 1. The second kappa shape index (κ2) is 6.65. The van der Waals surface area contributed by atoms with Crippen LogP contribution in [-0.2, 0) is 19.5 Å². The second-order valence-electron chi connectivity index (χ2n) is 5.60. The summed E-state index contributed by atoms with van der Waals surface area (Å²) in [6, 6.07) is 17.1. The van der Waals surface area contributed by atoms with E-state index in [9.17, 15) is 0 Å². The highest BCUT2D eigenvalue weighted by atomic mass is 15.2. The summed E-state index contributed by atoms with van der Waals surface area (Å²) >= 11 is 0. The summed E-state index contributed by atoms with van der Waals surface area (Å²) in [5.74, 6) is 0.961. The van der Waals surface area contributed by atoms with Gasteiger partial charge in [-0.1, -0.05) is 50.2 Å². The molecule has 0 saturated heterocycles. The Kier molecular flexibility index (Phi) is 4.42. The number of nitrogens with zero attached hydrogens (tertiary/aromatic N) is 2. The van der Waals surface area contributed by atoms with Crippen LogP contribution in [0.3, 0.4) is 0 Å². The number of para-hydroxylation sites is 2. The first-order chi connectivity index (χ1) is 10.8. The van der Waals surface area contributed by atoms with Crippen molar-refractivity contribution < 1.29 is 0 Å². The molecule has 0 atom stereocenters. The molecule has 1 N–H and O–H groups in total. The van der Waals surface area contributed by atoms with Crippen molar-refractivity contribution in [2.24, 2.45) is 0 Å². The molecule has 0 bridgehead atoms. The van der Waals surface area contributed by atoms with Crippen LogP contribution < -0.4 is 5.32 Å². The van der Waals surface area contributed by atoms with Gasteiger partial charge in [-0.15, -0.1) is 0 Å². The van der Waals surface area contributed by atoms with Crippen molar-refractivity contribution in [3.63, 3.8) is 0 Å². The Morgan fingerprint density at radius 1 is 0.955 bits per heavy atom. The molecule has 0 aliphatic rings. The topological polar surface area (TPSA) is 29.9 Å². The van der Waals surface area contributed by atoms with Gasteiger partial charge in [-0.2, -0.15) is 0 Å². The second-order valence-corrected chi connectivity index (χ2v) is 5.60. The lowest BCUT2D eigenvalue weighted by molar-refractivity contribution is 0.700. The maximum Gasteiger partial charge on any atom is 0.204 e. The standard InChI is InChI=1S/C19H23N3/c1-3-13-22-18-8-6-5-7-17(18)21-19(22)20-14-16-11-9-15(4-2)10-12-16/h5-12H,3-4,13-14H2,1-2H3,(H,20,21). The van der Waals surface area contributed by atoms with Crippen LogP contribution in [0.2, 0.25) is 0 Å². The quantitative estimate of drug-likeness (QED) is 0.718. The van der Waals surface area contributed by atoms with Gasteiger partial charge in [0.25, 0.3) is 0 Å². The Hall–Kier alpha value is -2.29. The summed E-state index contributed by atoms with van der Waals surface area (Å²) in [7, 11) is 0. The average Bonchev–Trinajstić information content (AvgIpc) is 2.92. The van der Waals surface area contributed by atoms with E-state index in [0.717, 1.165) is 37.4 Å². The summed E-state index contributed by atoms with van der Waals surface area (Å²) in [4.78, 5) is 4.73. The molecule has 1 aromatic heterocycles. The molecule has 0 unspecified atom stereocenters. The van der Waals surface area contributed by atoms with E-state index in [1.807, 2.05) is 6.07 Å². The number of benzene rings is 2. The highest BCUT2D eigenvalue weighted by Gasteiger charge is 2.09. The van der Waals surface area contributed by atoms with E-state index in [0.29, 0.717) is 0 Å². The van der Waals surface area contributed by atoms with Crippen LogP contribution in [0.25, 0.3) is 11.0 Å². The SMILES string of the molecule is CCCn1c(NCc2ccc(CC)cc2)nc2ccccc21. The van der Waals surface area contributed by atoms with Crippen LogP contribution >= 0.6 is 0 Å². The molecule has 0 spiro atoms. The van der Waals surface area contributed by atoms with Gasteiger partial charge in [0.15, 0.2) is 0 Å². The first-order valence-electron chi connectivity index (χ1n) is 8.08. The van der Waals surface area contributed by atoms with Crippen molar-refractivity contribution in [2.75, 3.05) is 5.32 Å². The minimum Gasteiger partial charge on any atom is -0.352 e. The fourth-order valence-corrected chi connectivity index (χ4v) is 2.73. The predicted molar refractivity (Wildman–Crippen MR) is 93.2 cm³/mol. The summed E-state index contributed by atoms with van der Waals surface area (Å²) in [6.45, 7) is 6.16. The minimum absolute atomic E-state index is 0.803. The molecule has 114 valence electrons. The van der Waals surface area contributed by atoms with Gasteiger partial charge in [-0.25, -0.2) is 4.98 Å². The number of aromatic nitrogens is 2. The van der Waals surface area contributed by atoms with E-state index >= 15 is 0 Å². The molecule has 2 aromatic carbocycles. The molecule has 0 aliphatic heterocycles. The van der Waals surface area contributed by atoms with E-state index in [1.54, 1.807) is 0 Å². The summed E-state index contributed by atoms with van der Waals surface area (Å²) in [6.07, 6.45) is 2.18. The third-order valence-corrected chi connectivity index (χ3v) is 3.98. The van der Waals surface area contributed by atoms with Crippen molar-refractivity contribution in [1.82, 2.24) is 9.55 Å². The van der Waals surface area contributed by atoms with E-state index in [2.05, 4.69) is 66.2 Å². The van der Waals surface area contributed by atoms with E-state index in [4.69, 9.17) is 4.98 Å². The fourth-order valence-electron chi connectivity index (χ4n) is 2.73. The van der Waals surface area contributed by atoms with Gasteiger partial charge >= 0.3 is 0 Å². The number of fused-ring (bicyclic) bond motifs is 1. The molecule has 0 amide bonds. The molecular formula is C19H23N3. The maximum absolute atomic E-state index is 4.73. The van der Waals surface area contributed by atoms with Crippen LogP contribution in [0.5, 0.6) is 0 Å². The van der Waals surface area contributed by atoms with Crippen molar-refractivity contribution in [3.8, 4) is 0 Å². The first-order valence-corrected chi connectivity index (χ1v) is 8.08. The number of nitrogens with one attached hydrogen (secondary N) is 1. The molecular weight excluding hydrogens is 270 g/mol. The smallest absolute Gasteiger partial charge is 0.204 e. The first kappa shape index (κ1) is 14.6. The molecule has 0 radical (unpaired) electrons. The molecule has 3 nitrogen and oxygen atoms in total. The van der Waals surface area contributed by atoms with Crippen molar-refractivity contribution in [3.05, 3.63) is 59.7 Å². The normalized spacial score (nSPS) is 11.0. The van der Waals surface area contributed by atoms with Crippen LogP contribution in [0, 0.1) is 0 Å². The third-order valence-electron chi connectivity index (χ3n) is 3.98. The molecule has 22 heavy (non-hydrogen) atoms. The van der Waals surface area contributed by atoms with Gasteiger partial charge in [0.2, 0.25) is 5.95 Å². The summed E-state index contributed by atoms with van der Waals surface area (Å²) in [5.41, 5.74) is 4.92. The van der Waals surface area contributed by atoms with Gasteiger partial charge in [-0.05, 0) is 36.1 Å². The van der Waals surface area contributed by atoms with Gasteiger partial charge in [0.1, 0.15) is 0 Å². The largest absolute Gasteiger partial charge is 0.352 e. The lowest BCUT2D eigenvalue weighted by atomic mass is 10.1. The lowest BCUT2D eigenvalue weighted by Crippen LogP contribution is -2.07. The van der Waals surface area contributed by atoms with Crippen LogP contribution in [0.15, 0.2) is 48.5 Å². The van der Waals surface area contributed by atoms with E-state index in [-0.39, 0.29) is 0 Å². The molecule has 0 saturated carbocycles. The number of rotatable bonds is 6. The maximum atomic E-state index is 4.73. The van der Waals surface area contributed by atoms with Crippen molar-refractivity contribution in [1.29, 1.82) is 0 Å². The molecule has 3 heteroatoms. The van der Waals surface area contributed by atoms with Crippen LogP contribution in [0.4, 0.5) is 5.95 Å². The summed E-state index contributed by atoms with van der Waals surface area (Å²) in [5, 5.41) is 3.49. The highest BCUT2D eigenvalue weighted by molar-refractivity contribution is 5.78. The molecule has 3 aromatic rings. The Labute approximate surface area is 132 Å². The van der Waals surface area contributed by atoms with Crippen molar-refractivity contribution in [2.45, 2.75) is 39.8 Å². The highest BCUT2D eigenvalue weighted by Crippen LogP contribution is 2.20. The monoisotopic (exact) mass is 293 g/mol. The fraction of sp³-hybridized carbons (Fsp3) is 0.316. The third kappa shape index (κ3) is 2.98. The zero-order chi connectivity index (χ0) is 15.4. The summed E-state index contributed by atoms with van der Waals surface area (Å²) < 4.78 is 2.27. The van der Waals surface area contributed by atoms with Gasteiger partial charge in [0, 0.05) is 13.1 Å². The molecule has 3 rings (SSSR count). The van der Waals surface area contributed by atoms with Crippen molar-refractivity contribution >= 4 is 17.0 Å². The number of imidazole rings is 1. The zero-order valence-electron chi connectivity index (χ0n) is 13.3. The number of anilines is 1. The number of hydrogen-bond acceptors (Lipinski definition) is 2. The Bertz CT molecular complexity index is 741. The molecule has 0 aliphatic carbocycles. The van der Waals surface area contributed by atoms with E-state index < -0.39 is 0 Å². The Balaban J connectivity index is 1.81. The van der Waals surface area contributed by atoms with Crippen LogP contribution in [0.1, 0.15) is 31.4 Å². The average molecular weight is 293 g/mol. The number of aryl methyl sites for hydroxylation is 2. The van der Waals surface area contributed by atoms with E-state index in [1.165, 1.54) is 16.6 Å². The zero-order valence-corrected chi connectivity index (χ0v) is 13.3. The molecule has 1 heterocycles. The lowest BCUT2D eigenvalue weighted by Gasteiger charge is -2.10. The Morgan fingerprint density at radius 3 is 2.41 bits per heavy atom. The Morgan fingerprint density at radius 2 is 1.68 bits per heavy atom. The molecule has 0 fully saturated rings. The van der Waals surface area contributed by atoms with Crippen LogP contribution in [-0.4, -0.2) is 9.55 Å². The van der Waals surface area contributed by atoms with Gasteiger partial charge < -0.3 is 9.88 Å².